The Bertz CT molecular complexity index is 1350. The van der Waals surface area contributed by atoms with Gasteiger partial charge in [0.25, 0.3) is 5.91 Å². The summed E-state index contributed by atoms with van der Waals surface area (Å²) in [4.78, 5) is 24.5. The van der Waals surface area contributed by atoms with Crippen LogP contribution >= 0.6 is 0 Å². The first-order chi connectivity index (χ1) is 15.7. The Kier molecular flexibility index (Phi) is 7.03. The maximum Gasteiger partial charge on any atom is 0.343 e. The summed E-state index contributed by atoms with van der Waals surface area (Å²) in [5.41, 5.74) is 2.12. The largest absolute Gasteiger partial charge is 0.423 e. The number of aryl methyl sites for hydroxylation is 1. The van der Waals surface area contributed by atoms with Crippen molar-refractivity contribution in [3.63, 3.8) is 0 Å². The molecule has 1 amide bonds. The lowest BCUT2D eigenvalue weighted by Crippen LogP contribution is -2.14. The lowest BCUT2D eigenvalue weighted by Gasteiger charge is -2.06. The molecule has 0 saturated carbocycles. The summed E-state index contributed by atoms with van der Waals surface area (Å²) in [5.74, 6) is -0.852. The fourth-order valence-electron chi connectivity index (χ4n) is 2.73. The lowest BCUT2D eigenvalue weighted by atomic mass is 10.1. The van der Waals surface area contributed by atoms with Gasteiger partial charge in [-0.2, -0.15) is 5.26 Å². The minimum Gasteiger partial charge on any atom is -0.423 e. The number of primary sulfonamides is 1. The third-order valence-electron chi connectivity index (χ3n) is 4.49. The van der Waals surface area contributed by atoms with Gasteiger partial charge < -0.3 is 10.1 Å². The van der Waals surface area contributed by atoms with E-state index in [-0.39, 0.29) is 10.5 Å². The van der Waals surface area contributed by atoms with Gasteiger partial charge in [0.1, 0.15) is 17.4 Å². The first-order valence-corrected chi connectivity index (χ1v) is 11.2. The molecule has 0 saturated heterocycles. The molecule has 0 aliphatic carbocycles. The summed E-state index contributed by atoms with van der Waals surface area (Å²) in [7, 11) is -3.85. The van der Waals surface area contributed by atoms with Crippen LogP contribution in [0.15, 0.2) is 83.3 Å². The number of esters is 1. The average Bonchev–Trinajstić information content (AvgIpc) is 2.78. The van der Waals surface area contributed by atoms with Crippen molar-refractivity contribution in [1.29, 1.82) is 5.26 Å². The Balaban J connectivity index is 1.68. The van der Waals surface area contributed by atoms with Crippen molar-refractivity contribution in [3.05, 3.63) is 95.1 Å². The highest BCUT2D eigenvalue weighted by atomic mass is 32.2. The number of nitriles is 1. The molecular weight excluding hydrogens is 442 g/mol. The zero-order valence-corrected chi connectivity index (χ0v) is 18.3. The second-order valence-electron chi connectivity index (χ2n) is 7.02. The van der Waals surface area contributed by atoms with Gasteiger partial charge in [0.05, 0.1) is 10.5 Å². The molecular formula is C24H19N3O5S. The van der Waals surface area contributed by atoms with E-state index < -0.39 is 21.9 Å². The Labute approximate surface area is 191 Å². The molecule has 0 fully saturated rings. The molecule has 0 aromatic heterocycles. The van der Waals surface area contributed by atoms with Crippen LogP contribution in [-0.2, 0) is 14.8 Å². The van der Waals surface area contributed by atoms with Gasteiger partial charge in [0, 0.05) is 5.69 Å². The van der Waals surface area contributed by atoms with E-state index in [4.69, 9.17) is 9.88 Å². The fraction of sp³-hybridized carbons (Fsp3) is 0.0417. The number of amides is 1. The summed E-state index contributed by atoms with van der Waals surface area (Å²) in [6.45, 7) is 1.92. The highest BCUT2D eigenvalue weighted by molar-refractivity contribution is 7.89. The first kappa shape index (κ1) is 23.4. The summed E-state index contributed by atoms with van der Waals surface area (Å²) < 4.78 is 27.9. The molecule has 3 rings (SSSR count). The normalized spacial score (nSPS) is 11.4. The van der Waals surface area contributed by atoms with Crippen LogP contribution in [0, 0.1) is 18.3 Å². The molecule has 3 N–H and O–H groups in total. The van der Waals surface area contributed by atoms with Crippen LogP contribution in [0.4, 0.5) is 5.69 Å². The second kappa shape index (κ2) is 9.91. The molecule has 3 aromatic rings. The molecule has 0 radical (unpaired) electrons. The Hall–Kier alpha value is -4.26. The average molecular weight is 461 g/mol. The molecule has 0 aliphatic heterocycles. The van der Waals surface area contributed by atoms with Gasteiger partial charge in [-0.15, -0.1) is 0 Å². The van der Waals surface area contributed by atoms with Crippen molar-refractivity contribution < 1.29 is 22.7 Å². The van der Waals surface area contributed by atoms with Crippen LogP contribution in [0.25, 0.3) is 6.08 Å². The molecule has 3 aromatic carbocycles. The van der Waals surface area contributed by atoms with Gasteiger partial charge in [0.2, 0.25) is 10.0 Å². The molecule has 0 heterocycles. The zero-order valence-electron chi connectivity index (χ0n) is 17.5. The monoisotopic (exact) mass is 461 g/mol. The van der Waals surface area contributed by atoms with Crippen LogP contribution in [0.2, 0.25) is 0 Å². The molecule has 9 heteroatoms. The van der Waals surface area contributed by atoms with Gasteiger partial charge in [-0.1, -0.05) is 29.8 Å². The molecule has 0 bridgehead atoms. The fourth-order valence-corrected chi connectivity index (χ4v) is 3.24. The standard InChI is InChI=1S/C24H19N3O5S/c1-16-2-6-18(7-3-16)24(29)32-21-10-4-17(5-11-21)14-19(15-25)23(28)27-20-8-12-22(13-9-20)33(26,30)31/h2-14H,1H3,(H,27,28)(H2,26,30,31). The van der Waals surface area contributed by atoms with Crippen molar-refractivity contribution >= 4 is 33.7 Å². The Morgan fingerprint density at radius 3 is 2.12 bits per heavy atom. The van der Waals surface area contributed by atoms with E-state index in [0.29, 0.717) is 22.6 Å². The van der Waals surface area contributed by atoms with Crippen molar-refractivity contribution in [2.75, 3.05) is 5.32 Å². The number of carbonyl (C=O) groups excluding carboxylic acids is 2. The van der Waals surface area contributed by atoms with Crippen molar-refractivity contribution in [2.45, 2.75) is 11.8 Å². The van der Waals surface area contributed by atoms with Gasteiger partial charge in [-0.3, -0.25) is 4.79 Å². The summed E-state index contributed by atoms with van der Waals surface area (Å²) in [6.07, 6.45) is 1.37. The number of ether oxygens (including phenoxy) is 1. The zero-order chi connectivity index (χ0) is 24.0. The van der Waals surface area contributed by atoms with E-state index in [1.807, 2.05) is 25.1 Å². The highest BCUT2D eigenvalue weighted by Crippen LogP contribution is 2.18. The Morgan fingerprint density at radius 2 is 1.58 bits per heavy atom. The maximum absolute atomic E-state index is 12.4. The number of nitrogens with zero attached hydrogens (tertiary/aromatic N) is 1. The molecule has 0 aliphatic rings. The van der Waals surface area contributed by atoms with Gasteiger partial charge in [-0.05, 0) is 67.1 Å². The van der Waals surface area contributed by atoms with Crippen LogP contribution in [0.1, 0.15) is 21.5 Å². The maximum atomic E-state index is 12.4. The van der Waals surface area contributed by atoms with E-state index in [1.54, 1.807) is 36.4 Å². The van der Waals surface area contributed by atoms with Crippen molar-refractivity contribution in [3.8, 4) is 11.8 Å². The number of carbonyl (C=O) groups is 2. The smallest absolute Gasteiger partial charge is 0.343 e. The van der Waals surface area contributed by atoms with Gasteiger partial charge >= 0.3 is 5.97 Å². The SMILES string of the molecule is Cc1ccc(C(=O)Oc2ccc(C=C(C#N)C(=O)Nc3ccc(S(N)(=O)=O)cc3)cc2)cc1. The number of hydrogen-bond donors (Lipinski definition) is 2. The molecule has 0 unspecified atom stereocenters. The van der Waals surface area contributed by atoms with Crippen molar-refractivity contribution in [2.24, 2.45) is 5.14 Å². The number of hydrogen-bond acceptors (Lipinski definition) is 6. The number of sulfonamides is 1. The third-order valence-corrected chi connectivity index (χ3v) is 5.42. The van der Waals surface area contributed by atoms with Crippen molar-refractivity contribution in [1.82, 2.24) is 0 Å². The van der Waals surface area contributed by atoms with E-state index in [1.165, 1.54) is 30.3 Å². The number of nitrogens with one attached hydrogen (secondary N) is 1. The van der Waals surface area contributed by atoms with Gasteiger partial charge in [-0.25, -0.2) is 18.4 Å². The summed E-state index contributed by atoms with van der Waals surface area (Å²) >= 11 is 0. The number of rotatable bonds is 6. The number of benzene rings is 3. The second-order valence-corrected chi connectivity index (χ2v) is 8.58. The Morgan fingerprint density at radius 1 is 0.970 bits per heavy atom. The summed E-state index contributed by atoms with van der Waals surface area (Å²) in [6, 6.07) is 20.3. The van der Waals surface area contributed by atoms with Crippen LogP contribution in [-0.4, -0.2) is 20.3 Å². The van der Waals surface area contributed by atoms with Crippen LogP contribution in [0.5, 0.6) is 5.75 Å². The molecule has 0 atom stereocenters. The van der Waals surface area contributed by atoms with Crippen LogP contribution < -0.4 is 15.2 Å². The van der Waals surface area contributed by atoms with E-state index in [9.17, 15) is 23.3 Å². The predicted molar refractivity (Wildman–Crippen MR) is 123 cm³/mol. The molecule has 8 nitrogen and oxygen atoms in total. The minimum absolute atomic E-state index is 0.0975. The molecule has 33 heavy (non-hydrogen) atoms. The first-order valence-electron chi connectivity index (χ1n) is 9.60. The van der Waals surface area contributed by atoms with E-state index in [0.717, 1.165) is 5.56 Å². The predicted octanol–water partition coefficient (Wildman–Crippen LogP) is 3.41. The molecule has 0 spiro atoms. The quantitative estimate of drug-likeness (QED) is 0.250. The number of nitrogens with two attached hydrogens (primary N) is 1. The lowest BCUT2D eigenvalue weighted by molar-refractivity contribution is -0.112. The van der Waals surface area contributed by atoms with Gasteiger partial charge in [0.15, 0.2) is 0 Å². The third kappa shape index (κ3) is 6.36. The van der Waals surface area contributed by atoms with Crippen LogP contribution in [0.3, 0.4) is 0 Å². The highest BCUT2D eigenvalue weighted by Gasteiger charge is 2.12. The van der Waals surface area contributed by atoms with E-state index >= 15 is 0 Å². The topological polar surface area (TPSA) is 139 Å². The minimum atomic E-state index is -3.85. The van der Waals surface area contributed by atoms with E-state index in [2.05, 4.69) is 5.32 Å². The number of anilines is 1. The molecule has 166 valence electrons. The summed E-state index contributed by atoms with van der Waals surface area (Å²) in [5, 5.41) is 16.9.